The molecule has 0 saturated heterocycles. The fourth-order valence-corrected chi connectivity index (χ4v) is 2.61. The Hall–Kier alpha value is -1.12. The predicted octanol–water partition coefficient (Wildman–Crippen LogP) is 3.33. The third-order valence-corrected chi connectivity index (χ3v) is 3.51. The van der Waals surface area contributed by atoms with Gasteiger partial charge in [0.25, 0.3) is 0 Å². The summed E-state index contributed by atoms with van der Waals surface area (Å²) in [7, 11) is 0. The van der Waals surface area contributed by atoms with Crippen molar-refractivity contribution in [2.45, 2.75) is 52.4 Å². The Labute approximate surface area is 104 Å². The normalized spacial score (nSPS) is 16.2. The van der Waals surface area contributed by atoms with Gasteiger partial charge in [-0.1, -0.05) is 27.7 Å². The number of aromatic nitrogens is 2. The molecule has 1 aliphatic rings. The molecule has 0 aromatic carbocycles. The van der Waals surface area contributed by atoms with Crippen molar-refractivity contribution in [2.75, 3.05) is 5.73 Å². The van der Waals surface area contributed by atoms with Gasteiger partial charge in [0.2, 0.25) is 0 Å². The number of nitrogens with two attached hydrogens (primary N) is 1. The number of rotatable bonds is 4. The van der Waals surface area contributed by atoms with Crippen molar-refractivity contribution in [3.8, 4) is 0 Å². The molecule has 0 spiro atoms. The Kier molecular flexibility index (Phi) is 3.36. The van der Waals surface area contributed by atoms with Crippen LogP contribution in [0.15, 0.2) is 6.07 Å². The van der Waals surface area contributed by atoms with Gasteiger partial charge in [0.15, 0.2) is 0 Å². The highest BCUT2D eigenvalue weighted by atomic mass is 15.0. The molecule has 0 amide bonds. The zero-order valence-corrected chi connectivity index (χ0v) is 11.3. The largest absolute Gasteiger partial charge is 0.384 e. The van der Waals surface area contributed by atoms with Gasteiger partial charge in [-0.05, 0) is 24.7 Å². The van der Waals surface area contributed by atoms with E-state index in [1.165, 1.54) is 12.8 Å². The minimum Gasteiger partial charge on any atom is -0.384 e. The van der Waals surface area contributed by atoms with Crippen molar-refractivity contribution >= 4 is 5.82 Å². The molecule has 0 atom stereocenters. The molecule has 1 heterocycles. The van der Waals surface area contributed by atoms with Crippen molar-refractivity contribution in [3.05, 3.63) is 17.6 Å². The van der Waals surface area contributed by atoms with Crippen LogP contribution in [-0.2, 0) is 0 Å². The number of anilines is 1. The summed E-state index contributed by atoms with van der Waals surface area (Å²) in [6.45, 7) is 8.92. The molecule has 0 unspecified atom stereocenters. The fraction of sp³-hybridized carbons (Fsp3) is 0.714. The molecule has 2 N–H and O–H groups in total. The average Bonchev–Trinajstić information content (AvgIpc) is 2.97. The first kappa shape index (κ1) is 12.3. The van der Waals surface area contributed by atoms with Crippen LogP contribution in [0.3, 0.4) is 0 Å². The first-order valence-corrected chi connectivity index (χ1v) is 6.63. The van der Waals surface area contributed by atoms with Gasteiger partial charge in [-0.15, -0.1) is 0 Å². The molecular weight excluding hydrogens is 210 g/mol. The first-order chi connectivity index (χ1) is 7.99. The molecule has 1 aromatic rings. The molecule has 3 nitrogen and oxygen atoms in total. The average molecular weight is 233 g/mol. The summed E-state index contributed by atoms with van der Waals surface area (Å²) < 4.78 is 0. The lowest BCUT2D eigenvalue weighted by Gasteiger charge is -2.23. The Bertz CT molecular complexity index is 386. The van der Waals surface area contributed by atoms with Crippen LogP contribution < -0.4 is 5.73 Å². The van der Waals surface area contributed by atoms with E-state index in [1.807, 2.05) is 6.07 Å². The number of nitrogen functional groups attached to an aromatic ring is 1. The van der Waals surface area contributed by atoms with Crippen LogP contribution in [-0.4, -0.2) is 9.97 Å². The molecule has 17 heavy (non-hydrogen) atoms. The molecular formula is C14H23N3. The molecule has 1 saturated carbocycles. The Morgan fingerprint density at radius 1 is 1.12 bits per heavy atom. The van der Waals surface area contributed by atoms with Crippen LogP contribution in [0.5, 0.6) is 0 Å². The topological polar surface area (TPSA) is 51.8 Å². The maximum atomic E-state index is 5.91. The summed E-state index contributed by atoms with van der Waals surface area (Å²) in [4.78, 5) is 9.20. The van der Waals surface area contributed by atoms with Gasteiger partial charge < -0.3 is 5.73 Å². The minimum absolute atomic E-state index is 0.399. The van der Waals surface area contributed by atoms with Crippen molar-refractivity contribution in [2.24, 2.45) is 11.8 Å². The van der Waals surface area contributed by atoms with E-state index in [9.17, 15) is 0 Å². The minimum atomic E-state index is 0.399. The lowest BCUT2D eigenvalue weighted by atomic mass is 9.85. The van der Waals surface area contributed by atoms with E-state index in [0.29, 0.717) is 29.5 Å². The summed E-state index contributed by atoms with van der Waals surface area (Å²) >= 11 is 0. The van der Waals surface area contributed by atoms with Crippen molar-refractivity contribution in [3.63, 3.8) is 0 Å². The summed E-state index contributed by atoms with van der Waals surface area (Å²) in [6, 6.07) is 1.94. The van der Waals surface area contributed by atoms with Crippen LogP contribution in [0.2, 0.25) is 0 Å². The maximum Gasteiger partial charge on any atom is 0.134 e. The van der Waals surface area contributed by atoms with Crippen molar-refractivity contribution < 1.29 is 0 Å². The fourth-order valence-electron chi connectivity index (χ4n) is 2.61. The van der Waals surface area contributed by atoms with E-state index < -0.39 is 0 Å². The summed E-state index contributed by atoms with van der Waals surface area (Å²) in [5.41, 5.74) is 7.06. The van der Waals surface area contributed by atoms with E-state index in [2.05, 4.69) is 32.7 Å². The molecule has 2 rings (SSSR count). The Morgan fingerprint density at radius 2 is 1.71 bits per heavy atom. The second kappa shape index (κ2) is 4.63. The van der Waals surface area contributed by atoms with Gasteiger partial charge in [-0.25, -0.2) is 9.97 Å². The molecule has 0 bridgehead atoms. The Balaban J connectivity index is 2.35. The summed E-state index contributed by atoms with van der Waals surface area (Å²) in [6.07, 6.45) is 2.51. The van der Waals surface area contributed by atoms with E-state index in [0.717, 1.165) is 11.5 Å². The van der Waals surface area contributed by atoms with Crippen molar-refractivity contribution in [1.29, 1.82) is 0 Å². The second-order valence-corrected chi connectivity index (χ2v) is 5.86. The second-order valence-electron chi connectivity index (χ2n) is 5.86. The number of nitrogens with zero attached hydrogens (tertiary/aromatic N) is 2. The lowest BCUT2D eigenvalue weighted by molar-refractivity contribution is 0.370. The quantitative estimate of drug-likeness (QED) is 0.867. The smallest absolute Gasteiger partial charge is 0.134 e. The Morgan fingerprint density at radius 3 is 2.18 bits per heavy atom. The van der Waals surface area contributed by atoms with Crippen LogP contribution in [0, 0.1) is 11.8 Å². The van der Waals surface area contributed by atoms with Gasteiger partial charge in [0, 0.05) is 23.6 Å². The van der Waals surface area contributed by atoms with Gasteiger partial charge in [0.05, 0.1) is 0 Å². The molecule has 3 heteroatoms. The lowest BCUT2D eigenvalue weighted by Crippen LogP contribution is -2.18. The zero-order valence-electron chi connectivity index (χ0n) is 11.3. The maximum absolute atomic E-state index is 5.91. The zero-order chi connectivity index (χ0) is 12.6. The molecule has 0 aliphatic heterocycles. The molecule has 1 fully saturated rings. The third-order valence-electron chi connectivity index (χ3n) is 3.51. The molecule has 0 radical (unpaired) electrons. The highest BCUT2D eigenvalue weighted by Gasteiger charge is 2.28. The van der Waals surface area contributed by atoms with Crippen LogP contribution >= 0.6 is 0 Å². The SMILES string of the molecule is CC(C)C(c1nc(N)cc(C2CC2)n1)C(C)C. The highest BCUT2D eigenvalue weighted by Crippen LogP contribution is 2.40. The predicted molar refractivity (Wildman–Crippen MR) is 70.8 cm³/mol. The van der Waals surface area contributed by atoms with Crippen LogP contribution in [0.4, 0.5) is 5.82 Å². The van der Waals surface area contributed by atoms with Gasteiger partial charge in [-0.2, -0.15) is 0 Å². The van der Waals surface area contributed by atoms with Gasteiger partial charge in [-0.3, -0.25) is 0 Å². The molecule has 94 valence electrons. The van der Waals surface area contributed by atoms with E-state index in [1.54, 1.807) is 0 Å². The third kappa shape index (κ3) is 2.76. The van der Waals surface area contributed by atoms with Crippen LogP contribution in [0.1, 0.15) is 63.9 Å². The monoisotopic (exact) mass is 233 g/mol. The summed E-state index contributed by atoms with van der Waals surface area (Å²) in [5, 5.41) is 0. The standard InChI is InChI=1S/C14H23N3/c1-8(2)13(9(3)4)14-16-11(10-5-6-10)7-12(15)17-14/h7-10,13H,5-6H2,1-4H3,(H2,15,16,17). The summed E-state index contributed by atoms with van der Waals surface area (Å²) in [5.74, 6) is 3.70. The highest BCUT2D eigenvalue weighted by molar-refractivity contribution is 5.33. The number of hydrogen-bond acceptors (Lipinski definition) is 3. The van der Waals surface area contributed by atoms with Gasteiger partial charge in [0.1, 0.15) is 11.6 Å². The van der Waals surface area contributed by atoms with Gasteiger partial charge >= 0.3 is 0 Å². The number of hydrogen-bond donors (Lipinski definition) is 1. The van der Waals surface area contributed by atoms with E-state index >= 15 is 0 Å². The van der Waals surface area contributed by atoms with E-state index in [4.69, 9.17) is 10.7 Å². The van der Waals surface area contributed by atoms with Crippen LogP contribution in [0.25, 0.3) is 0 Å². The van der Waals surface area contributed by atoms with E-state index in [-0.39, 0.29) is 0 Å². The first-order valence-electron chi connectivity index (χ1n) is 6.63. The molecule has 1 aromatic heterocycles. The van der Waals surface area contributed by atoms with Crippen molar-refractivity contribution in [1.82, 2.24) is 9.97 Å². The molecule has 1 aliphatic carbocycles.